The van der Waals surface area contributed by atoms with Gasteiger partial charge in [-0.15, -0.1) is 0 Å². The first kappa shape index (κ1) is 15.2. The average Bonchev–Trinajstić information content (AvgIpc) is 3.12. The number of anilines is 1. The Bertz CT molecular complexity index is 830. The van der Waals surface area contributed by atoms with E-state index in [1.165, 1.54) is 0 Å². The minimum Gasteiger partial charge on any atom is -0.339 e. The zero-order chi connectivity index (χ0) is 16.7. The molecule has 0 fully saturated rings. The topological polar surface area (TPSA) is 86.9 Å². The van der Waals surface area contributed by atoms with Crippen LogP contribution >= 0.6 is 11.6 Å². The number of halogens is 1. The molecule has 2 aromatic rings. The smallest absolute Gasteiger partial charge is 0.272 e. The number of carbonyl (C=O) groups is 2. The molecule has 1 aliphatic carbocycles. The number of carbonyl (C=O) groups excluding carboxylic acids is 2. The minimum atomic E-state index is -0.586. The van der Waals surface area contributed by atoms with Crippen LogP contribution in [0.25, 0.3) is 0 Å². The first-order chi connectivity index (χ1) is 11.6. The fourth-order valence-electron chi connectivity index (χ4n) is 3.41. The molecule has 2 aliphatic rings. The summed E-state index contributed by atoms with van der Waals surface area (Å²) in [6.45, 7) is 0. The standard InChI is InChI=1S/C17H17ClN4O2/c18-10-5-7-12-9(8-10)4-6-14(16(23)19-12)20-17(24)15-11-2-1-3-13(11)21-22-15/h5,7-8,14H,1-4,6H2,(H,19,23)(H,20,24)(H,21,22)/t14-/m0/s1. The first-order valence-electron chi connectivity index (χ1n) is 8.08. The molecular formula is C17H17ClN4O2. The van der Waals surface area contributed by atoms with Crippen molar-refractivity contribution in [1.29, 1.82) is 0 Å². The Labute approximate surface area is 144 Å². The second-order valence-corrected chi connectivity index (χ2v) is 6.67. The SMILES string of the molecule is O=C(N[C@H]1CCc2cc(Cl)ccc2NC1=O)c1n[nH]c2c1CCC2. The van der Waals surface area contributed by atoms with Crippen molar-refractivity contribution in [2.24, 2.45) is 0 Å². The van der Waals surface area contributed by atoms with Crippen molar-refractivity contribution in [2.75, 3.05) is 5.32 Å². The zero-order valence-corrected chi connectivity index (χ0v) is 13.7. The molecule has 3 N–H and O–H groups in total. The summed E-state index contributed by atoms with van der Waals surface area (Å²) in [7, 11) is 0. The molecule has 24 heavy (non-hydrogen) atoms. The predicted octanol–water partition coefficient (Wildman–Crippen LogP) is 2.24. The van der Waals surface area contributed by atoms with Gasteiger partial charge in [-0.2, -0.15) is 5.10 Å². The summed E-state index contributed by atoms with van der Waals surface area (Å²) in [5, 5.41) is 13.4. The van der Waals surface area contributed by atoms with E-state index in [0.717, 1.165) is 41.8 Å². The predicted molar refractivity (Wildman–Crippen MR) is 90.3 cm³/mol. The lowest BCUT2D eigenvalue weighted by Crippen LogP contribution is -2.43. The molecule has 0 radical (unpaired) electrons. The maximum atomic E-state index is 12.5. The summed E-state index contributed by atoms with van der Waals surface area (Å²) in [6.07, 6.45) is 4.00. The summed E-state index contributed by atoms with van der Waals surface area (Å²) in [5.74, 6) is -0.504. The van der Waals surface area contributed by atoms with Crippen molar-refractivity contribution in [3.8, 4) is 0 Å². The number of H-pyrrole nitrogens is 1. The fourth-order valence-corrected chi connectivity index (χ4v) is 3.61. The second kappa shape index (κ2) is 5.94. The lowest BCUT2D eigenvalue weighted by Gasteiger charge is -2.14. The van der Waals surface area contributed by atoms with Gasteiger partial charge in [-0.3, -0.25) is 14.7 Å². The fraction of sp³-hybridized carbons (Fsp3) is 0.353. The highest BCUT2D eigenvalue weighted by molar-refractivity contribution is 6.30. The van der Waals surface area contributed by atoms with Crippen molar-refractivity contribution < 1.29 is 9.59 Å². The Kier molecular flexibility index (Phi) is 3.76. The van der Waals surface area contributed by atoms with Gasteiger partial charge in [-0.1, -0.05) is 11.6 Å². The molecule has 124 valence electrons. The van der Waals surface area contributed by atoms with Gasteiger partial charge in [0.1, 0.15) is 6.04 Å². The molecule has 1 atom stereocenters. The number of aryl methyl sites for hydroxylation is 2. The van der Waals surface area contributed by atoms with Gasteiger partial charge in [-0.05, 0) is 55.9 Å². The Hall–Kier alpha value is -2.34. The summed E-state index contributed by atoms with van der Waals surface area (Å²) < 4.78 is 0. The third-order valence-corrected chi connectivity index (χ3v) is 4.91. The number of nitrogens with zero attached hydrogens (tertiary/aromatic N) is 1. The maximum absolute atomic E-state index is 12.5. The number of hydrogen-bond donors (Lipinski definition) is 3. The van der Waals surface area contributed by atoms with Gasteiger partial charge in [0.15, 0.2) is 5.69 Å². The third-order valence-electron chi connectivity index (χ3n) is 4.67. The van der Waals surface area contributed by atoms with E-state index in [-0.39, 0.29) is 11.8 Å². The Balaban J connectivity index is 1.51. The molecule has 4 rings (SSSR count). The normalized spacial score (nSPS) is 19.2. The molecule has 7 heteroatoms. The molecule has 0 spiro atoms. The second-order valence-electron chi connectivity index (χ2n) is 6.24. The largest absolute Gasteiger partial charge is 0.339 e. The van der Waals surface area contributed by atoms with Crippen molar-refractivity contribution in [1.82, 2.24) is 15.5 Å². The van der Waals surface area contributed by atoms with Crippen molar-refractivity contribution in [3.05, 3.63) is 45.7 Å². The number of amides is 2. The van der Waals surface area contributed by atoms with Crippen LogP contribution < -0.4 is 10.6 Å². The molecule has 2 amide bonds. The van der Waals surface area contributed by atoms with Crippen molar-refractivity contribution >= 4 is 29.1 Å². The molecule has 6 nitrogen and oxygen atoms in total. The number of aromatic nitrogens is 2. The highest BCUT2D eigenvalue weighted by atomic mass is 35.5. The van der Waals surface area contributed by atoms with Gasteiger partial charge < -0.3 is 10.6 Å². The Morgan fingerprint density at radius 2 is 2.17 bits per heavy atom. The number of benzene rings is 1. The highest BCUT2D eigenvalue weighted by Crippen LogP contribution is 2.26. The number of hydrogen-bond acceptors (Lipinski definition) is 3. The molecule has 2 heterocycles. The van der Waals surface area contributed by atoms with E-state index in [1.807, 2.05) is 6.07 Å². The van der Waals surface area contributed by atoms with Crippen LogP contribution in [0.4, 0.5) is 5.69 Å². The van der Waals surface area contributed by atoms with Crippen molar-refractivity contribution in [2.45, 2.75) is 38.1 Å². The van der Waals surface area contributed by atoms with Crippen LogP contribution in [0.15, 0.2) is 18.2 Å². The van der Waals surface area contributed by atoms with E-state index in [2.05, 4.69) is 20.8 Å². The van der Waals surface area contributed by atoms with Gasteiger partial charge >= 0.3 is 0 Å². The van der Waals surface area contributed by atoms with Crippen LogP contribution in [-0.4, -0.2) is 28.1 Å². The van der Waals surface area contributed by atoms with Gasteiger partial charge in [0, 0.05) is 22.0 Å². The highest BCUT2D eigenvalue weighted by Gasteiger charge is 2.29. The molecule has 0 bridgehead atoms. The monoisotopic (exact) mass is 344 g/mol. The van der Waals surface area contributed by atoms with E-state index >= 15 is 0 Å². The maximum Gasteiger partial charge on any atom is 0.272 e. The van der Waals surface area contributed by atoms with Gasteiger partial charge in [-0.25, -0.2) is 0 Å². The van der Waals surface area contributed by atoms with Crippen LogP contribution in [0.3, 0.4) is 0 Å². The van der Waals surface area contributed by atoms with E-state index in [1.54, 1.807) is 12.1 Å². The van der Waals surface area contributed by atoms with E-state index in [0.29, 0.717) is 23.6 Å². The molecule has 0 unspecified atom stereocenters. The zero-order valence-electron chi connectivity index (χ0n) is 13.0. The summed E-state index contributed by atoms with van der Waals surface area (Å²) >= 11 is 6.01. The summed E-state index contributed by atoms with van der Waals surface area (Å²) in [6, 6.07) is 4.80. The van der Waals surface area contributed by atoms with E-state index in [4.69, 9.17) is 11.6 Å². The van der Waals surface area contributed by atoms with Crippen LogP contribution in [0, 0.1) is 0 Å². The van der Waals surface area contributed by atoms with Crippen LogP contribution in [0.5, 0.6) is 0 Å². The van der Waals surface area contributed by atoms with Crippen LogP contribution in [0.2, 0.25) is 5.02 Å². The summed E-state index contributed by atoms with van der Waals surface area (Å²) in [4.78, 5) is 24.9. The van der Waals surface area contributed by atoms with Gasteiger partial charge in [0.05, 0.1) is 0 Å². The van der Waals surface area contributed by atoms with Gasteiger partial charge in [0.25, 0.3) is 5.91 Å². The van der Waals surface area contributed by atoms with E-state index < -0.39 is 6.04 Å². The molecule has 0 saturated heterocycles. The molecule has 1 aromatic carbocycles. The van der Waals surface area contributed by atoms with Crippen LogP contribution in [-0.2, 0) is 24.1 Å². The molecule has 1 aromatic heterocycles. The Morgan fingerprint density at radius 1 is 1.29 bits per heavy atom. The average molecular weight is 345 g/mol. The molecule has 0 saturated carbocycles. The summed E-state index contributed by atoms with van der Waals surface area (Å²) in [5.41, 5.74) is 4.17. The lowest BCUT2D eigenvalue weighted by molar-refractivity contribution is -0.118. The molecule has 1 aliphatic heterocycles. The lowest BCUT2D eigenvalue weighted by atomic mass is 10.1. The number of fused-ring (bicyclic) bond motifs is 2. The first-order valence-corrected chi connectivity index (χ1v) is 8.46. The molecular weight excluding hydrogens is 328 g/mol. The number of aromatic amines is 1. The minimum absolute atomic E-state index is 0.211. The number of nitrogens with one attached hydrogen (secondary N) is 3. The van der Waals surface area contributed by atoms with E-state index in [9.17, 15) is 9.59 Å². The van der Waals surface area contributed by atoms with Crippen LogP contribution in [0.1, 0.15) is 40.2 Å². The van der Waals surface area contributed by atoms with Gasteiger partial charge in [0.2, 0.25) is 5.91 Å². The number of rotatable bonds is 2. The quantitative estimate of drug-likeness (QED) is 0.780. The third kappa shape index (κ3) is 2.67. The Morgan fingerprint density at radius 3 is 3.04 bits per heavy atom. The van der Waals surface area contributed by atoms with Crippen molar-refractivity contribution in [3.63, 3.8) is 0 Å².